The summed E-state index contributed by atoms with van der Waals surface area (Å²) in [6.45, 7) is 0. The van der Waals surface area contributed by atoms with Crippen LogP contribution in [0.2, 0.25) is 5.15 Å². The van der Waals surface area contributed by atoms with Crippen molar-refractivity contribution in [3.05, 3.63) is 47.4 Å². The van der Waals surface area contributed by atoms with Gasteiger partial charge in [-0.3, -0.25) is 0 Å². The molecule has 6 nitrogen and oxygen atoms in total. The second-order valence-electron chi connectivity index (χ2n) is 5.14. The lowest BCUT2D eigenvalue weighted by atomic mass is 10.0. The molecule has 3 aromatic rings. The third-order valence-corrected chi connectivity index (χ3v) is 3.94. The Balaban J connectivity index is 2.36. The van der Waals surface area contributed by atoms with Gasteiger partial charge in [0.15, 0.2) is 11.5 Å². The molecule has 0 spiro atoms. The van der Waals surface area contributed by atoms with Gasteiger partial charge in [-0.05, 0) is 35.7 Å². The molecule has 0 unspecified atom stereocenters. The van der Waals surface area contributed by atoms with Gasteiger partial charge < -0.3 is 14.2 Å². The Morgan fingerprint density at radius 1 is 1.04 bits per heavy atom. The number of methoxy groups -OCH3 is 3. The van der Waals surface area contributed by atoms with E-state index >= 15 is 0 Å². The Hall–Kier alpha value is -2.86. The maximum atomic E-state index is 12.0. The van der Waals surface area contributed by atoms with Crippen LogP contribution in [0.4, 0.5) is 0 Å². The predicted octanol–water partition coefficient (Wildman–Crippen LogP) is 3.75. The van der Waals surface area contributed by atoms with Crippen molar-refractivity contribution in [2.24, 2.45) is 0 Å². The van der Waals surface area contributed by atoms with Gasteiger partial charge in [0.25, 0.3) is 0 Å². The molecule has 0 aliphatic carbocycles. The van der Waals surface area contributed by atoms with Gasteiger partial charge in [0, 0.05) is 17.1 Å². The Kier molecular flexibility index (Phi) is 4.72. The number of esters is 1. The van der Waals surface area contributed by atoms with Crippen LogP contribution in [0.5, 0.6) is 11.5 Å². The quantitative estimate of drug-likeness (QED) is 0.522. The highest BCUT2D eigenvalue weighted by Crippen LogP contribution is 2.37. The van der Waals surface area contributed by atoms with E-state index in [0.29, 0.717) is 22.3 Å². The van der Waals surface area contributed by atoms with E-state index in [1.807, 2.05) is 6.07 Å². The van der Waals surface area contributed by atoms with E-state index in [1.165, 1.54) is 7.11 Å². The van der Waals surface area contributed by atoms with Crippen LogP contribution in [0.1, 0.15) is 10.5 Å². The van der Waals surface area contributed by atoms with E-state index in [1.54, 1.807) is 44.7 Å². The van der Waals surface area contributed by atoms with E-state index in [9.17, 15) is 4.79 Å². The van der Waals surface area contributed by atoms with Crippen molar-refractivity contribution in [1.29, 1.82) is 0 Å². The van der Waals surface area contributed by atoms with Crippen LogP contribution in [-0.4, -0.2) is 37.3 Å². The fraction of sp³-hybridized carbons (Fsp3) is 0.167. The fourth-order valence-corrected chi connectivity index (χ4v) is 2.73. The first-order chi connectivity index (χ1) is 12.1. The molecule has 0 radical (unpaired) electrons. The lowest BCUT2D eigenvalue weighted by molar-refractivity contribution is 0.0594. The summed E-state index contributed by atoms with van der Waals surface area (Å²) in [6.07, 6.45) is 1.58. The minimum atomic E-state index is -0.530. The number of hydrogen-bond donors (Lipinski definition) is 0. The molecule has 0 saturated heterocycles. The average molecular weight is 359 g/mol. The summed E-state index contributed by atoms with van der Waals surface area (Å²) in [5.41, 5.74) is 1.48. The van der Waals surface area contributed by atoms with Gasteiger partial charge in [-0.25, -0.2) is 14.8 Å². The monoisotopic (exact) mass is 358 g/mol. The third-order valence-electron chi connectivity index (χ3n) is 3.73. The molecule has 0 amide bonds. The van der Waals surface area contributed by atoms with Gasteiger partial charge in [0.2, 0.25) is 0 Å². The molecule has 0 fully saturated rings. The zero-order valence-corrected chi connectivity index (χ0v) is 14.6. The fourth-order valence-electron chi connectivity index (χ4n) is 2.56. The van der Waals surface area contributed by atoms with Crippen molar-refractivity contribution in [2.45, 2.75) is 0 Å². The van der Waals surface area contributed by atoms with Crippen LogP contribution in [-0.2, 0) is 4.74 Å². The van der Waals surface area contributed by atoms with Gasteiger partial charge in [-0.2, -0.15) is 0 Å². The van der Waals surface area contributed by atoms with Crippen LogP contribution in [0.3, 0.4) is 0 Å². The largest absolute Gasteiger partial charge is 0.493 e. The Bertz CT molecular complexity index is 959. The number of rotatable bonds is 4. The highest BCUT2D eigenvalue weighted by Gasteiger charge is 2.17. The number of hydrogen-bond acceptors (Lipinski definition) is 6. The van der Waals surface area contributed by atoms with Crippen LogP contribution in [0.15, 0.2) is 36.5 Å². The zero-order chi connectivity index (χ0) is 18.0. The van der Waals surface area contributed by atoms with Gasteiger partial charge in [0.05, 0.1) is 27.0 Å². The SMILES string of the molecule is COC(=O)c1cc2cc(OC)c(OC)cc2c(-c2ccnc(Cl)c2)n1. The predicted molar refractivity (Wildman–Crippen MR) is 94.4 cm³/mol. The average Bonchev–Trinajstić information content (AvgIpc) is 2.65. The van der Waals surface area contributed by atoms with Gasteiger partial charge in [-0.15, -0.1) is 0 Å². The molecule has 7 heteroatoms. The molecule has 0 aliphatic rings. The van der Waals surface area contributed by atoms with E-state index in [0.717, 1.165) is 16.3 Å². The van der Waals surface area contributed by atoms with Crippen LogP contribution in [0.25, 0.3) is 22.0 Å². The summed E-state index contributed by atoms with van der Waals surface area (Å²) in [6, 6.07) is 8.70. The third kappa shape index (κ3) is 3.21. The van der Waals surface area contributed by atoms with Crippen LogP contribution < -0.4 is 9.47 Å². The first kappa shape index (κ1) is 17.0. The number of pyridine rings is 2. The second-order valence-corrected chi connectivity index (χ2v) is 5.53. The molecule has 0 atom stereocenters. The molecule has 0 bridgehead atoms. The number of benzene rings is 1. The number of ether oxygens (including phenoxy) is 3. The molecule has 2 heterocycles. The van der Waals surface area contributed by atoms with Gasteiger partial charge in [-0.1, -0.05) is 11.6 Å². The van der Waals surface area contributed by atoms with Crippen molar-refractivity contribution in [3.63, 3.8) is 0 Å². The molecule has 0 aliphatic heterocycles. The van der Waals surface area contributed by atoms with Crippen LogP contribution in [0, 0.1) is 0 Å². The molecule has 3 rings (SSSR count). The first-order valence-corrected chi connectivity index (χ1v) is 7.72. The molecule has 25 heavy (non-hydrogen) atoms. The van der Waals surface area contributed by atoms with Crippen molar-refractivity contribution < 1.29 is 19.0 Å². The Morgan fingerprint density at radius 3 is 2.40 bits per heavy atom. The summed E-state index contributed by atoms with van der Waals surface area (Å²) in [4.78, 5) is 20.4. The lowest BCUT2D eigenvalue weighted by Gasteiger charge is -2.13. The molecular weight excluding hydrogens is 344 g/mol. The second kappa shape index (κ2) is 6.94. The maximum Gasteiger partial charge on any atom is 0.356 e. The molecule has 1 aromatic carbocycles. The van der Waals surface area contributed by atoms with Crippen LogP contribution >= 0.6 is 11.6 Å². The number of halogens is 1. The molecule has 0 saturated carbocycles. The minimum absolute atomic E-state index is 0.185. The molecule has 128 valence electrons. The molecular formula is C18H15ClN2O4. The van der Waals surface area contributed by atoms with Crippen molar-refractivity contribution >= 4 is 28.3 Å². The topological polar surface area (TPSA) is 70.5 Å². The van der Waals surface area contributed by atoms with E-state index in [4.69, 9.17) is 25.8 Å². The maximum absolute atomic E-state index is 12.0. The summed E-state index contributed by atoms with van der Waals surface area (Å²) >= 11 is 6.01. The summed E-state index contributed by atoms with van der Waals surface area (Å²) in [5.74, 6) is 0.581. The highest BCUT2D eigenvalue weighted by atomic mass is 35.5. The highest BCUT2D eigenvalue weighted by molar-refractivity contribution is 6.29. The van der Waals surface area contributed by atoms with Gasteiger partial charge in [0.1, 0.15) is 10.8 Å². The molecule has 2 aromatic heterocycles. The first-order valence-electron chi connectivity index (χ1n) is 7.34. The van der Waals surface area contributed by atoms with E-state index in [2.05, 4.69) is 9.97 Å². The number of carbonyl (C=O) groups excluding carboxylic acids is 1. The Labute approximate surface area is 149 Å². The minimum Gasteiger partial charge on any atom is -0.493 e. The summed E-state index contributed by atoms with van der Waals surface area (Å²) in [7, 11) is 4.42. The van der Waals surface area contributed by atoms with E-state index in [-0.39, 0.29) is 5.69 Å². The zero-order valence-electron chi connectivity index (χ0n) is 13.9. The standard InChI is InChI=1S/C18H15ClN2O4/c1-23-14-7-11-6-13(18(22)25-3)21-17(12(11)9-15(14)24-2)10-4-5-20-16(19)8-10/h4-9H,1-3H3. The lowest BCUT2D eigenvalue weighted by Crippen LogP contribution is -2.05. The van der Waals surface area contributed by atoms with Crippen molar-refractivity contribution in [1.82, 2.24) is 9.97 Å². The van der Waals surface area contributed by atoms with Gasteiger partial charge >= 0.3 is 5.97 Å². The number of nitrogens with zero attached hydrogens (tertiary/aromatic N) is 2. The summed E-state index contributed by atoms with van der Waals surface area (Å²) in [5, 5.41) is 1.87. The summed E-state index contributed by atoms with van der Waals surface area (Å²) < 4.78 is 15.5. The van der Waals surface area contributed by atoms with E-state index < -0.39 is 5.97 Å². The number of carbonyl (C=O) groups is 1. The smallest absolute Gasteiger partial charge is 0.356 e. The number of fused-ring (bicyclic) bond motifs is 1. The Morgan fingerprint density at radius 2 is 1.76 bits per heavy atom. The normalized spacial score (nSPS) is 10.6. The molecule has 0 N–H and O–H groups in total. The van der Waals surface area contributed by atoms with Crippen molar-refractivity contribution in [2.75, 3.05) is 21.3 Å². The number of aromatic nitrogens is 2. The van der Waals surface area contributed by atoms with Crippen molar-refractivity contribution in [3.8, 4) is 22.8 Å².